The number of benzene rings is 1. The summed E-state index contributed by atoms with van der Waals surface area (Å²) in [6.45, 7) is 2.73. The molecule has 2 aromatic rings. The quantitative estimate of drug-likeness (QED) is 0.867. The van der Waals surface area contributed by atoms with Gasteiger partial charge in [-0.15, -0.1) is 0 Å². The molecule has 1 aromatic carbocycles. The molecule has 1 aliphatic heterocycles. The van der Waals surface area contributed by atoms with Gasteiger partial charge in [-0.2, -0.15) is 0 Å². The molecule has 2 heterocycles. The van der Waals surface area contributed by atoms with Crippen molar-refractivity contribution < 1.29 is 13.9 Å². The van der Waals surface area contributed by atoms with Gasteiger partial charge in [-0.25, -0.2) is 4.39 Å². The second kappa shape index (κ2) is 5.87. The van der Waals surface area contributed by atoms with Gasteiger partial charge in [0.05, 0.1) is 13.1 Å². The summed E-state index contributed by atoms with van der Waals surface area (Å²) in [4.78, 5) is 25.5. The van der Waals surface area contributed by atoms with E-state index in [1.165, 1.54) is 34.9 Å². The van der Waals surface area contributed by atoms with Crippen LogP contribution in [0, 0.1) is 12.7 Å². The van der Waals surface area contributed by atoms with Crippen molar-refractivity contribution in [3.05, 3.63) is 63.8 Å². The summed E-state index contributed by atoms with van der Waals surface area (Å²) in [6, 6.07) is 8.71. The zero-order valence-electron chi connectivity index (χ0n) is 13.0. The summed E-state index contributed by atoms with van der Waals surface area (Å²) in [7, 11) is 1.70. The number of pyridine rings is 1. The van der Waals surface area contributed by atoms with E-state index in [0.29, 0.717) is 24.4 Å². The van der Waals surface area contributed by atoms with Crippen LogP contribution in [0.5, 0.6) is 5.75 Å². The molecule has 0 unspecified atom stereocenters. The molecule has 1 aliphatic rings. The molecule has 0 saturated carbocycles. The third-order valence-corrected chi connectivity index (χ3v) is 4.01. The highest BCUT2D eigenvalue weighted by molar-refractivity contribution is 5.94. The highest BCUT2D eigenvalue weighted by atomic mass is 19.1. The molecular weight excluding hydrogens is 299 g/mol. The molecule has 1 fully saturated rings. The number of nitrogens with zero attached hydrogens (tertiary/aromatic N) is 2. The molecule has 5 nitrogen and oxygen atoms in total. The number of carbonyl (C=O) groups is 1. The second-order valence-corrected chi connectivity index (χ2v) is 5.69. The first kappa shape index (κ1) is 15.3. The van der Waals surface area contributed by atoms with Gasteiger partial charge in [-0.1, -0.05) is 0 Å². The zero-order chi connectivity index (χ0) is 16.6. The van der Waals surface area contributed by atoms with Crippen molar-refractivity contribution in [3.8, 4) is 5.75 Å². The minimum absolute atomic E-state index is 0.126. The molecule has 120 valence electrons. The van der Waals surface area contributed by atoms with Crippen LogP contribution in [0.1, 0.15) is 16.1 Å². The number of halogens is 1. The number of rotatable bonds is 3. The molecule has 0 bridgehead atoms. The van der Waals surface area contributed by atoms with E-state index in [0.717, 1.165) is 5.69 Å². The smallest absolute Gasteiger partial charge is 0.254 e. The van der Waals surface area contributed by atoms with Crippen molar-refractivity contribution in [1.82, 2.24) is 9.47 Å². The number of carbonyl (C=O) groups excluding carboxylic acids is 1. The predicted molar refractivity (Wildman–Crippen MR) is 83.1 cm³/mol. The predicted octanol–water partition coefficient (Wildman–Crippen LogP) is 1.74. The minimum Gasteiger partial charge on any atom is -0.486 e. The van der Waals surface area contributed by atoms with Crippen molar-refractivity contribution in [1.29, 1.82) is 0 Å². The average Bonchev–Trinajstić information content (AvgIpc) is 2.48. The lowest BCUT2D eigenvalue weighted by Gasteiger charge is -2.39. The van der Waals surface area contributed by atoms with Crippen LogP contribution in [-0.2, 0) is 7.05 Å². The molecule has 0 N–H and O–H groups in total. The SMILES string of the molecule is Cc1cc(OC2CN(C(=O)c3ccc(F)cc3)C2)cc(=O)n1C. The summed E-state index contributed by atoms with van der Waals surface area (Å²) in [5.74, 6) is 0.00174. The Morgan fingerprint density at radius 3 is 2.48 bits per heavy atom. The van der Waals surface area contributed by atoms with Gasteiger partial charge in [-0.3, -0.25) is 9.59 Å². The Hall–Kier alpha value is -2.63. The van der Waals surface area contributed by atoms with E-state index in [2.05, 4.69) is 0 Å². The van der Waals surface area contributed by atoms with Crippen LogP contribution in [0.25, 0.3) is 0 Å². The van der Waals surface area contributed by atoms with Crippen LogP contribution in [0.4, 0.5) is 4.39 Å². The van der Waals surface area contributed by atoms with Crippen LogP contribution in [-0.4, -0.2) is 34.6 Å². The summed E-state index contributed by atoms with van der Waals surface area (Å²) < 4.78 is 20.1. The normalized spacial score (nSPS) is 14.5. The highest BCUT2D eigenvalue weighted by Gasteiger charge is 2.32. The van der Waals surface area contributed by atoms with E-state index < -0.39 is 0 Å². The molecule has 0 atom stereocenters. The number of likely N-dealkylation sites (tertiary alicyclic amines) is 1. The molecule has 1 amide bonds. The van der Waals surface area contributed by atoms with Crippen LogP contribution in [0.2, 0.25) is 0 Å². The summed E-state index contributed by atoms with van der Waals surface area (Å²) in [5, 5.41) is 0. The van der Waals surface area contributed by atoms with Crippen molar-refractivity contribution >= 4 is 5.91 Å². The van der Waals surface area contributed by atoms with Gasteiger partial charge >= 0.3 is 0 Å². The van der Waals surface area contributed by atoms with Gasteiger partial charge < -0.3 is 14.2 Å². The molecular formula is C17H17FN2O3. The average molecular weight is 316 g/mol. The van der Waals surface area contributed by atoms with Crippen LogP contribution in [0.3, 0.4) is 0 Å². The molecule has 0 radical (unpaired) electrons. The van der Waals surface area contributed by atoms with Crippen molar-refractivity contribution in [3.63, 3.8) is 0 Å². The Balaban J connectivity index is 1.60. The summed E-state index contributed by atoms with van der Waals surface area (Å²) >= 11 is 0. The fraction of sp³-hybridized carbons (Fsp3) is 0.294. The fourth-order valence-corrected chi connectivity index (χ4v) is 2.45. The number of ether oxygens (including phenoxy) is 1. The number of amides is 1. The molecule has 3 rings (SSSR count). The third kappa shape index (κ3) is 3.11. The minimum atomic E-state index is -0.368. The van der Waals surface area contributed by atoms with Gasteiger partial charge in [0.2, 0.25) is 0 Å². The molecule has 23 heavy (non-hydrogen) atoms. The molecule has 1 saturated heterocycles. The maximum Gasteiger partial charge on any atom is 0.254 e. The number of hydrogen-bond donors (Lipinski definition) is 0. The Morgan fingerprint density at radius 2 is 1.87 bits per heavy atom. The lowest BCUT2D eigenvalue weighted by Crippen LogP contribution is -2.56. The largest absolute Gasteiger partial charge is 0.486 e. The fourth-order valence-electron chi connectivity index (χ4n) is 2.45. The number of aromatic nitrogens is 1. The van der Waals surface area contributed by atoms with E-state index in [1.54, 1.807) is 18.0 Å². The highest BCUT2D eigenvalue weighted by Crippen LogP contribution is 2.19. The maximum atomic E-state index is 12.9. The summed E-state index contributed by atoms with van der Waals surface area (Å²) in [5.41, 5.74) is 1.14. The number of aryl methyl sites for hydroxylation is 1. The van der Waals surface area contributed by atoms with Crippen LogP contribution in [0.15, 0.2) is 41.2 Å². The van der Waals surface area contributed by atoms with E-state index in [9.17, 15) is 14.0 Å². The topological polar surface area (TPSA) is 51.5 Å². The Morgan fingerprint density at radius 1 is 1.22 bits per heavy atom. The lowest BCUT2D eigenvalue weighted by atomic mass is 10.1. The third-order valence-electron chi connectivity index (χ3n) is 4.01. The van der Waals surface area contributed by atoms with Crippen LogP contribution >= 0.6 is 0 Å². The first-order valence-electron chi connectivity index (χ1n) is 7.33. The molecule has 0 aliphatic carbocycles. The maximum absolute atomic E-state index is 12.9. The van der Waals surface area contributed by atoms with Gasteiger partial charge in [0.15, 0.2) is 0 Å². The first-order chi connectivity index (χ1) is 10.9. The Bertz CT molecular complexity index is 792. The van der Waals surface area contributed by atoms with Crippen molar-refractivity contribution in [2.24, 2.45) is 7.05 Å². The summed E-state index contributed by atoms with van der Waals surface area (Å²) in [6.07, 6.45) is -0.133. The van der Waals surface area contributed by atoms with E-state index in [4.69, 9.17) is 4.74 Å². The molecule has 0 spiro atoms. The van der Waals surface area contributed by atoms with E-state index in [1.807, 2.05) is 6.92 Å². The lowest BCUT2D eigenvalue weighted by molar-refractivity contribution is 0.0176. The Labute approximate surface area is 132 Å². The van der Waals surface area contributed by atoms with Gasteiger partial charge in [0.25, 0.3) is 11.5 Å². The second-order valence-electron chi connectivity index (χ2n) is 5.69. The monoisotopic (exact) mass is 316 g/mol. The number of hydrogen-bond acceptors (Lipinski definition) is 3. The van der Waals surface area contributed by atoms with Gasteiger partial charge in [-0.05, 0) is 37.3 Å². The molecule has 1 aromatic heterocycles. The standard InChI is InChI=1S/C17H17FN2O3/c1-11-7-14(8-16(21)19(11)2)23-15-9-20(10-15)17(22)12-3-5-13(18)6-4-12/h3-8,15H,9-10H2,1-2H3. The van der Waals surface area contributed by atoms with E-state index >= 15 is 0 Å². The van der Waals surface area contributed by atoms with Crippen molar-refractivity contribution in [2.45, 2.75) is 13.0 Å². The van der Waals surface area contributed by atoms with E-state index in [-0.39, 0.29) is 23.4 Å². The zero-order valence-corrected chi connectivity index (χ0v) is 13.0. The van der Waals surface area contributed by atoms with Crippen LogP contribution < -0.4 is 10.3 Å². The van der Waals surface area contributed by atoms with Crippen molar-refractivity contribution in [2.75, 3.05) is 13.1 Å². The Kier molecular flexibility index (Phi) is 3.90. The molecule has 6 heteroatoms. The van der Waals surface area contributed by atoms with Gasteiger partial charge in [0.1, 0.15) is 17.7 Å². The first-order valence-corrected chi connectivity index (χ1v) is 7.33. The van der Waals surface area contributed by atoms with Gasteiger partial charge in [0, 0.05) is 24.4 Å².